The molecule has 1 amide bonds. The first kappa shape index (κ1) is 15.1. The molecule has 0 aliphatic carbocycles. The molecule has 0 aromatic heterocycles. The van der Waals surface area contributed by atoms with Gasteiger partial charge in [-0.2, -0.15) is 5.26 Å². The number of nitro groups is 1. The molecule has 1 N–H and O–H groups in total. The van der Waals surface area contributed by atoms with Crippen molar-refractivity contribution in [3.8, 4) is 6.07 Å². The highest BCUT2D eigenvalue weighted by Gasteiger charge is 2.31. The average molecular weight is 326 g/mol. The van der Waals surface area contributed by atoms with E-state index in [1.807, 2.05) is 6.07 Å². The molecular formula is C12H12BrN3O3. The Balaban J connectivity index is 2.99. The molecule has 1 unspecified atom stereocenters. The van der Waals surface area contributed by atoms with E-state index in [1.165, 1.54) is 18.2 Å². The summed E-state index contributed by atoms with van der Waals surface area (Å²) in [6.07, 6.45) is 0.375. The van der Waals surface area contributed by atoms with Gasteiger partial charge < -0.3 is 5.32 Å². The second kappa shape index (κ2) is 5.80. The molecule has 6 nitrogen and oxygen atoms in total. The van der Waals surface area contributed by atoms with Crippen molar-refractivity contribution in [2.75, 3.05) is 5.32 Å². The van der Waals surface area contributed by atoms with E-state index >= 15 is 0 Å². The number of amides is 1. The van der Waals surface area contributed by atoms with Crippen LogP contribution in [0.3, 0.4) is 0 Å². The van der Waals surface area contributed by atoms with Gasteiger partial charge in [-0.15, -0.1) is 0 Å². The Morgan fingerprint density at radius 1 is 1.63 bits per heavy atom. The number of nitrogens with zero attached hydrogens (tertiary/aromatic N) is 2. The largest absolute Gasteiger partial charge is 0.324 e. The lowest BCUT2D eigenvalue weighted by atomic mass is 9.88. The van der Waals surface area contributed by atoms with Crippen LogP contribution in [0.5, 0.6) is 0 Å². The van der Waals surface area contributed by atoms with Crippen molar-refractivity contribution in [1.82, 2.24) is 0 Å². The lowest BCUT2D eigenvalue weighted by molar-refractivity contribution is -0.384. The Morgan fingerprint density at radius 2 is 2.26 bits per heavy atom. The summed E-state index contributed by atoms with van der Waals surface area (Å²) in [7, 11) is 0. The summed E-state index contributed by atoms with van der Waals surface area (Å²) in [5, 5.41) is 22.2. The summed E-state index contributed by atoms with van der Waals surface area (Å²) in [6.45, 7) is 3.29. The highest BCUT2D eigenvalue weighted by Crippen LogP contribution is 2.29. The number of non-ortho nitro benzene ring substituents is 1. The molecule has 0 spiro atoms. The van der Waals surface area contributed by atoms with Crippen molar-refractivity contribution in [2.45, 2.75) is 20.3 Å². The summed E-state index contributed by atoms with van der Waals surface area (Å²) in [6, 6.07) is 5.97. The van der Waals surface area contributed by atoms with Crippen LogP contribution in [0, 0.1) is 26.9 Å². The van der Waals surface area contributed by atoms with E-state index in [9.17, 15) is 14.9 Å². The van der Waals surface area contributed by atoms with Crippen LogP contribution in [0.2, 0.25) is 0 Å². The minimum atomic E-state index is -1.12. The van der Waals surface area contributed by atoms with Crippen LogP contribution in [-0.2, 0) is 4.79 Å². The molecule has 1 atom stereocenters. The predicted octanol–water partition coefficient (Wildman–Crippen LogP) is 3.24. The average Bonchev–Trinajstić information content (AvgIpc) is 2.39. The standard InChI is InChI=1S/C12H12BrN3O3/c1-3-12(2,7-14)11(17)15-10-5-4-8(16(18)19)6-9(10)13/h4-6H,3H2,1-2H3,(H,15,17). The van der Waals surface area contributed by atoms with Gasteiger partial charge in [0.1, 0.15) is 5.41 Å². The van der Waals surface area contributed by atoms with Gasteiger partial charge in [0, 0.05) is 16.6 Å². The van der Waals surface area contributed by atoms with E-state index in [0.29, 0.717) is 16.6 Å². The van der Waals surface area contributed by atoms with Crippen LogP contribution in [-0.4, -0.2) is 10.8 Å². The van der Waals surface area contributed by atoms with E-state index in [0.717, 1.165) is 0 Å². The molecule has 0 aliphatic rings. The van der Waals surface area contributed by atoms with Crippen molar-refractivity contribution < 1.29 is 9.72 Å². The van der Waals surface area contributed by atoms with Gasteiger partial charge in [0.15, 0.2) is 0 Å². The van der Waals surface area contributed by atoms with Crippen molar-refractivity contribution in [2.24, 2.45) is 5.41 Å². The quantitative estimate of drug-likeness (QED) is 0.678. The molecule has 0 aliphatic heterocycles. The SMILES string of the molecule is CCC(C)(C#N)C(=O)Nc1ccc([N+](=O)[O-])cc1Br. The number of nitriles is 1. The van der Waals surface area contributed by atoms with Gasteiger partial charge in [0.2, 0.25) is 5.91 Å². The fraction of sp³-hybridized carbons (Fsp3) is 0.333. The highest BCUT2D eigenvalue weighted by molar-refractivity contribution is 9.10. The van der Waals surface area contributed by atoms with Crippen molar-refractivity contribution in [1.29, 1.82) is 5.26 Å². The summed E-state index contributed by atoms with van der Waals surface area (Å²) in [4.78, 5) is 22.0. The van der Waals surface area contributed by atoms with Crippen molar-refractivity contribution in [3.05, 3.63) is 32.8 Å². The van der Waals surface area contributed by atoms with Crippen LogP contribution >= 0.6 is 15.9 Å². The number of carbonyl (C=O) groups excluding carboxylic acids is 1. The monoisotopic (exact) mass is 325 g/mol. The molecule has 19 heavy (non-hydrogen) atoms. The van der Waals surface area contributed by atoms with Crippen LogP contribution in [0.25, 0.3) is 0 Å². The first-order chi connectivity index (χ1) is 8.84. The van der Waals surface area contributed by atoms with E-state index in [2.05, 4.69) is 21.2 Å². The Bertz CT molecular complexity index is 568. The Labute approximate surface area is 118 Å². The number of nitrogens with one attached hydrogen (secondary N) is 1. The number of hydrogen-bond donors (Lipinski definition) is 1. The van der Waals surface area contributed by atoms with Gasteiger partial charge >= 0.3 is 0 Å². The van der Waals surface area contributed by atoms with Gasteiger partial charge in [-0.05, 0) is 35.3 Å². The molecule has 0 saturated carbocycles. The molecule has 7 heteroatoms. The smallest absolute Gasteiger partial charge is 0.270 e. The second-order valence-electron chi connectivity index (χ2n) is 4.17. The van der Waals surface area contributed by atoms with Crippen LogP contribution in [0.4, 0.5) is 11.4 Å². The number of nitro benzene ring substituents is 1. The maximum absolute atomic E-state index is 12.0. The van der Waals surface area contributed by atoms with Crippen LogP contribution in [0.1, 0.15) is 20.3 Å². The molecule has 1 aromatic carbocycles. The van der Waals surface area contributed by atoms with E-state index in [4.69, 9.17) is 5.26 Å². The van der Waals surface area contributed by atoms with E-state index in [1.54, 1.807) is 13.8 Å². The topological polar surface area (TPSA) is 96.0 Å². The Hall–Kier alpha value is -1.94. The van der Waals surface area contributed by atoms with Gasteiger partial charge in [-0.25, -0.2) is 0 Å². The zero-order chi connectivity index (χ0) is 14.6. The number of anilines is 1. The molecule has 0 fully saturated rings. The molecule has 0 bridgehead atoms. The van der Waals surface area contributed by atoms with Gasteiger partial charge in [-0.1, -0.05) is 6.92 Å². The minimum Gasteiger partial charge on any atom is -0.324 e. The molecule has 0 radical (unpaired) electrons. The first-order valence-corrected chi connectivity index (χ1v) is 6.30. The third-order valence-electron chi connectivity index (χ3n) is 2.87. The molecule has 1 aromatic rings. The first-order valence-electron chi connectivity index (χ1n) is 5.50. The maximum Gasteiger partial charge on any atom is 0.270 e. The lowest BCUT2D eigenvalue weighted by Gasteiger charge is -2.19. The van der Waals surface area contributed by atoms with E-state index in [-0.39, 0.29) is 5.69 Å². The van der Waals surface area contributed by atoms with Crippen molar-refractivity contribution >= 4 is 33.2 Å². The third-order valence-corrected chi connectivity index (χ3v) is 3.52. The third kappa shape index (κ3) is 3.29. The zero-order valence-electron chi connectivity index (χ0n) is 10.4. The van der Waals surface area contributed by atoms with Crippen LogP contribution < -0.4 is 5.32 Å². The summed E-state index contributed by atoms with van der Waals surface area (Å²) >= 11 is 3.15. The van der Waals surface area contributed by atoms with Gasteiger partial charge in [-0.3, -0.25) is 14.9 Å². The van der Waals surface area contributed by atoms with Gasteiger partial charge in [0.25, 0.3) is 5.69 Å². The Kier molecular flexibility index (Phi) is 4.62. The Morgan fingerprint density at radius 3 is 2.68 bits per heavy atom. The lowest BCUT2D eigenvalue weighted by Crippen LogP contribution is -2.31. The van der Waals surface area contributed by atoms with Gasteiger partial charge in [0.05, 0.1) is 16.7 Å². The fourth-order valence-corrected chi connectivity index (χ4v) is 1.74. The van der Waals surface area contributed by atoms with E-state index < -0.39 is 16.2 Å². The highest BCUT2D eigenvalue weighted by atomic mass is 79.9. The summed E-state index contributed by atoms with van der Waals surface area (Å²) < 4.78 is 0.395. The molecule has 0 saturated heterocycles. The summed E-state index contributed by atoms with van der Waals surface area (Å²) in [5.41, 5.74) is -0.810. The molecule has 100 valence electrons. The number of benzene rings is 1. The normalized spacial score (nSPS) is 13.2. The maximum atomic E-state index is 12.0. The number of rotatable bonds is 4. The number of carbonyl (C=O) groups is 1. The predicted molar refractivity (Wildman–Crippen MR) is 73.4 cm³/mol. The minimum absolute atomic E-state index is 0.0802. The zero-order valence-corrected chi connectivity index (χ0v) is 12.0. The number of halogens is 1. The molecule has 1 rings (SSSR count). The molecule has 0 heterocycles. The molecular weight excluding hydrogens is 314 g/mol. The van der Waals surface area contributed by atoms with Crippen LogP contribution in [0.15, 0.2) is 22.7 Å². The number of hydrogen-bond acceptors (Lipinski definition) is 4. The van der Waals surface area contributed by atoms with Crippen molar-refractivity contribution in [3.63, 3.8) is 0 Å². The second-order valence-corrected chi connectivity index (χ2v) is 5.03. The fourth-order valence-electron chi connectivity index (χ4n) is 1.27. The summed E-state index contributed by atoms with van der Waals surface area (Å²) in [5.74, 6) is -0.438.